The van der Waals surface area contributed by atoms with Gasteiger partial charge in [-0.2, -0.15) is 0 Å². The van der Waals surface area contributed by atoms with Gasteiger partial charge in [0.05, 0.1) is 17.9 Å². The van der Waals surface area contributed by atoms with Gasteiger partial charge in [0.15, 0.2) is 0 Å². The van der Waals surface area contributed by atoms with Crippen molar-refractivity contribution in [2.24, 2.45) is 0 Å². The average Bonchev–Trinajstić information content (AvgIpc) is 2.87. The first kappa shape index (κ1) is 18.0. The van der Waals surface area contributed by atoms with Crippen molar-refractivity contribution in [2.45, 2.75) is 11.3 Å². The van der Waals surface area contributed by atoms with Crippen molar-refractivity contribution < 1.29 is 22.4 Å². The molecule has 0 saturated carbocycles. The van der Waals surface area contributed by atoms with Gasteiger partial charge in [0.2, 0.25) is 21.8 Å². The number of nitrogens with one attached hydrogen (secondary N) is 2. The minimum Gasteiger partial charge on any atom is -0.325 e. The fourth-order valence-electron chi connectivity index (χ4n) is 2.63. The summed E-state index contributed by atoms with van der Waals surface area (Å²) in [7, 11) is -2.30. The Morgan fingerprint density at radius 2 is 2.00 bits per heavy atom. The summed E-state index contributed by atoms with van der Waals surface area (Å²) in [6.45, 7) is -0.505. The molecule has 0 aliphatic carbocycles. The molecule has 26 heavy (non-hydrogen) atoms. The number of halogens is 1. The highest BCUT2D eigenvalue weighted by Gasteiger charge is 2.26. The molecule has 1 heterocycles. The van der Waals surface area contributed by atoms with E-state index >= 15 is 0 Å². The van der Waals surface area contributed by atoms with Gasteiger partial charge in [-0.1, -0.05) is 6.07 Å². The number of anilines is 2. The number of carbonyl (C=O) groups excluding carboxylic acids is 2. The molecule has 9 heteroatoms. The monoisotopic (exact) mass is 377 g/mol. The van der Waals surface area contributed by atoms with Crippen LogP contribution in [0.5, 0.6) is 0 Å². The molecule has 0 atom stereocenters. The quantitative estimate of drug-likeness (QED) is 0.820. The third-order valence-corrected chi connectivity index (χ3v) is 5.37. The Hall–Kier alpha value is -2.78. The van der Waals surface area contributed by atoms with Crippen molar-refractivity contribution >= 4 is 33.2 Å². The fourth-order valence-corrected chi connectivity index (χ4v) is 3.66. The maximum Gasteiger partial charge on any atom is 0.241 e. The number of hydrogen-bond acceptors (Lipinski definition) is 4. The predicted octanol–water partition coefficient (Wildman–Crippen LogP) is 1.26. The van der Waals surface area contributed by atoms with Crippen LogP contribution in [-0.4, -0.2) is 33.8 Å². The van der Waals surface area contributed by atoms with Crippen LogP contribution in [0.25, 0.3) is 0 Å². The first-order chi connectivity index (χ1) is 12.3. The zero-order chi connectivity index (χ0) is 18.9. The third-order valence-electron chi connectivity index (χ3n) is 3.97. The second-order valence-corrected chi connectivity index (χ2v) is 7.57. The van der Waals surface area contributed by atoms with Gasteiger partial charge >= 0.3 is 0 Å². The highest BCUT2D eigenvalue weighted by atomic mass is 32.2. The molecular formula is C17H16FN3O4S. The molecule has 2 N–H and O–H groups in total. The molecule has 136 valence electrons. The second kappa shape index (κ2) is 6.85. The Morgan fingerprint density at radius 3 is 2.73 bits per heavy atom. The number of carbonyl (C=O) groups is 2. The van der Waals surface area contributed by atoms with E-state index in [9.17, 15) is 22.4 Å². The topological polar surface area (TPSA) is 95.6 Å². The van der Waals surface area contributed by atoms with E-state index in [1.807, 2.05) is 0 Å². The van der Waals surface area contributed by atoms with Gasteiger partial charge in [0.25, 0.3) is 0 Å². The summed E-state index contributed by atoms with van der Waals surface area (Å²) < 4.78 is 40.0. The van der Waals surface area contributed by atoms with Gasteiger partial charge in [-0.05, 0) is 42.0 Å². The first-order valence-corrected chi connectivity index (χ1v) is 9.19. The van der Waals surface area contributed by atoms with Gasteiger partial charge in [-0.15, -0.1) is 0 Å². The number of benzene rings is 2. The maximum atomic E-state index is 13.1. The molecule has 3 rings (SSSR count). The molecule has 0 aromatic heterocycles. The lowest BCUT2D eigenvalue weighted by Gasteiger charge is -2.11. The number of nitrogens with zero attached hydrogens (tertiary/aromatic N) is 1. The van der Waals surface area contributed by atoms with E-state index in [0.717, 1.165) is 6.07 Å². The molecule has 1 aliphatic rings. The lowest BCUT2D eigenvalue weighted by Crippen LogP contribution is -2.33. The van der Waals surface area contributed by atoms with Crippen LogP contribution >= 0.6 is 0 Å². The third kappa shape index (κ3) is 3.73. The van der Waals surface area contributed by atoms with Crippen LogP contribution in [0.3, 0.4) is 0 Å². The Morgan fingerprint density at radius 1 is 1.23 bits per heavy atom. The number of likely N-dealkylation sites (N-methyl/N-ethyl adjacent to an activating group) is 1. The summed E-state index contributed by atoms with van der Waals surface area (Å²) in [5.41, 5.74) is 1.51. The van der Waals surface area contributed by atoms with Gasteiger partial charge in [0.1, 0.15) is 5.82 Å². The van der Waals surface area contributed by atoms with Crippen molar-refractivity contribution in [3.63, 3.8) is 0 Å². The summed E-state index contributed by atoms with van der Waals surface area (Å²) in [5, 5.41) is 2.40. The van der Waals surface area contributed by atoms with E-state index < -0.39 is 28.3 Å². The highest BCUT2D eigenvalue weighted by Crippen LogP contribution is 2.29. The van der Waals surface area contributed by atoms with Crippen molar-refractivity contribution in [2.75, 3.05) is 23.8 Å². The van der Waals surface area contributed by atoms with E-state index in [1.165, 1.54) is 35.2 Å². The van der Waals surface area contributed by atoms with Crippen LogP contribution in [0.15, 0.2) is 47.4 Å². The molecule has 0 bridgehead atoms. The standard InChI is InChI=1S/C17H16FN3O4S/c1-21-15-6-5-14(7-11(15)8-17(21)23)26(24,25)19-10-16(22)20-13-4-2-3-12(18)9-13/h2-7,9,19H,8,10H2,1H3,(H,20,22). The smallest absolute Gasteiger partial charge is 0.241 e. The van der Waals surface area contributed by atoms with Crippen LogP contribution < -0.4 is 14.9 Å². The minimum absolute atomic E-state index is 0.0297. The van der Waals surface area contributed by atoms with Crippen LogP contribution in [0.4, 0.5) is 15.8 Å². The molecule has 2 aromatic rings. The Labute approximate surface area is 149 Å². The molecule has 0 spiro atoms. The lowest BCUT2D eigenvalue weighted by molar-refractivity contribution is -0.117. The zero-order valence-corrected chi connectivity index (χ0v) is 14.6. The maximum absolute atomic E-state index is 13.1. The number of sulfonamides is 1. The van der Waals surface area contributed by atoms with E-state index in [-0.39, 0.29) is 22.9 Å². The van der Waals surface area contributed by atoms with Crippen molar-refractivity contribution in [3.05, 3.63) is 53.8 Å². The Balaban J connectivity index is 1.67. The molecule has 0 radical (unpaired) electrons. The normalized spacial score (nSPS) is 13.6. The van der Waals surface area contributed by atoms with Crippen molar-refractivity contribution in [3.8, 4) is 0 Å². The number of fused-ring (bicyclic) bond motifs is 1. The summed E-state index contributed by atoms with van der Waals surface area (Å²) in [5.74, 6) is -1.26. The van der Waals surface area contributed by atoms with E-state index in [2.05, 4.69) is 10.0 Å². The largest absolute Gasteiger partial charge is 0.325 e. The second-order valence-electron chi connectivity index (χ2n) is 5.80. The summed E-state index contributed by atoms with van der Waals surface area (Å²) in [6.07, 6.45) is 0.134. The van der Waals surface area contributed by atoms with Gasteiger partial charge < -0.3 is 10.2 Å². The number of amides is 2. The number of hydrogen-bond donors (Lipinski definition) is 2. The SMILES string of the molecule is CN1C(=O)Cc2cc(S(=O)(=O)NCC(=O)Nc3cccc(F)c3)ccc21. The van der Waals surface area contributed by atoms with Gasteiger partial charge in [0, 0.05) is 18.4 Å². The zero-order valence-electron chi connectivity index (χ0n) is 13.8. The lowest BCUT2D eigenvalue weighted by atomic mass is 10.2. The van der Waals surface area contributed by atoms with Crippen LogP contribution in [-0.2, 0) is 26.0 Å². The van der Waals surface area contributed by atoms with Crippen molar-refractivity contribution in [1.82, 2.24) is 4.72 Å². The molecule has 0 fully saturated rings. The highest BCUT2D eigenvalue weighted by molar-refractivity contribution is 7.89. The summed E-state index contributed by atoms with van der Waals surface area (Å²) in [4.78, 5) is 25.0. The Kier molecular flexibility index (Phi) is 4.75. The molecule has 1 aliphatic heterocycles. The predicted molar refractivity (Wildman–Crippen MR) is 93.8 cm³/mol. The molecule has 0 unspecified atom stereocenters. The molecule has 2 aromatic carbocycles. The van der Waals surface area contributed by atoms with E-state index in [4.69, 9.17) is 0 Å². The van der Waals surface area contributed by atoms with Gasteiger partial charge in [-0.3, -0.25) is 9.59 Å². The minimum atomic E-state index is -3.93. The average molecular weight is 377 g/mol. The van der Waals surface area contributed by atoms with E-state index in [0.29, 0.717) is 11.3 Å². The molecular weight excluding hydrogens is 361 g/mol. The van der Waals surface area contributed by atoms with Crippen LogP contribution in [0.1, 0.15) is 5.56 Å². The van der Waals surface area contributed by atoms with Crippen LogP contribution in [0.2, 0.25) is 0 Å². The first-order valence-electron chi connectivity index (χ1n) is 7.71. The van der Waals surface area contributed by atoms with Crippen molar-refractivity contribution in [1.29, 1.82) is 0 Å². The molecule has 0 saturated heterocycles. The number of rotatable bonds is 5. The summed E-state index contributed by atoms with van der Waals surface area (Å²) >= 11 is 0. The van der Waals surface area contributed by atoms with Gasteiger partial charge in [-0.25, -0.2) is 17.5 Å². The summed E-state index contributed by atoms with van der Waals surface area (Å²) in [6, 6.07) is 9.63. The molecule has 2 amide bonds. The molecule has 7 nitrogen and oxygen atoms in total. The Bertz CT molecular complexity index is 991. The van der Waals surface area contributed by atoms with Crippen LogP contribution in [0, 0.1) is 5.82 Å². The van der Waals surface area contributed by atoms with E-state index in [1.54, 1.807) is 13.1 Å². The fraction of sp³-hybridized carbons (Fsp3) is 0.176.